The Kier molecular flexibility index (Phi) is 5.07. The highest BCUT2D eigenvalue weighted by Gasteiger charge is 2.23. The normalized spacial score (nSPS) is 13.3. The summed E-state index contributed by atoms with van der Waals surface area (Å²) in [7, 11) is 0. The number of H-pyrrole nitrogens is 1. The topological polar surface area (TPSA) is 44.9 Å². The number of fused-ring (bicyclic) bond motifs is 1. The number of ketones is 1. The lowest BCUT2D eigenvalue weighted by molar-refractivity contribution is -0.124. The molecular weight excluding hydrogens is 284 g/mol. The van der Waals surface area contributed by atoms with E-state index in [2.05, 4.69) is 24.1 Å². The van der Waals surface area contributed by atoms with Gasteiger partial charge in [0.25, 0.3) is 0 Å². The molecule has 0 saturated heterocycles. The van der Waals surface area contributed by atoms with Gasteiger partial charge in [-0.1, -0.05) is 51.4 Å². The van der Waals surface area contributed by atoms with Crippen LogP contribution in [0, 0.1) is 5.92 Å². The Balaban J connectivity index is 2.30. The maximum atomic E-state index is 12.4. The SMILES string of the molecule is CC(C)N[C@@H](Cc1c[nH]c2c(Cl)cccc12)C(=O)C(C)C. The third-order valence-electron chi connectivity index (χ3n) is 3.62. The lowest BCUT2D eigenvalue weighted by Gasteiger charge is -2.21. The van der Waals surface area contributed by atoms with E-state index in [9.17, 15) is 4.79 Å². The van der Waals surface area contributed by atoms with Crippen molar-refractivity contribution in [2.45, 2.75) is 46.2 Å². The molecule has 114 valence electrons. The van der Waals surface area contributed by atoms with Crippen molar-refractivity contribution in [2.24, 2.45) is 5.92 Å². The van der Waals surface area contributed by atoms with Gasteiger partial charge in [-0.3, -0.25) is 4.79 Å². The van der Waals surface area contributed by atoms with E-state index in [1.165, 1.54) is 0 Å². The van der Waals surface area contributed by atoms with Crippen LogP contribution >= 0.6 is 11.6 Å². The highest BCUT2D eigenvalue weighted by atomic mass is 35.5. The summed E-state index contributed by atoms with van der Waals surface area (Å²) >= 11 is 6.19. The van der Waals surface area contributed by atoms with Gasteiger partial charge in [0.2, 0.25) is 0 Å². The van der Waals surface area contributed by atoms with Gasteiger partial charge < -0.3 is 10.3 Å². The summed E-state index contributed by atoms with van der Waals surface area (Å²) in [5.41, 5.74) is 2.06. The summed E-state index contributed by atoms with van der Waals surface area (Å²) < 4.78 is 0. The average molecular weight is 307 g/mol. The quantitative estimate of drug-likeness (QED) is 0.848. The standard InChI is InChI=1S/C17H23ClN2O/c1-10(2)17(21)15(20-11(3)4)8-12-9-19-16-13(12)6-5-7-14(16)18/h5-7,9-11,15,19-20H,8H2,1-4H3/t15-/m0/s1. The molecule has 0 saturated carbocycles. The number of aromatic amines is 1. The largest absolute Gasteiger partial charge is 0.360 e. The summed E-state index contributed by atoms with van der Waals surface area (Å²) in [6, 6.07) is 5.96. The first-order valence-corrected chi connectivity index (χ1v) is 7.82. The molecule has 1 aromatic heterocycles. The molecule has 1 aromatic carbocycles. The van der Waals surface area contributed by atoms with Crippen molar-refractivity contribution in [2.75, 3.05) is 0 Å². The molecule has 4 heteroatoms. The van der Waals surface area contributed by atoms with Crippen molar-refractivity contribution in [3.8, 4) is 0 Å². The number of aromatic nitrogens is 1. The van der Waals surface area contributed by atoms with E-state index in [0.29, 0.717) is 11.4 Å². The monoisotopic (exact) mass is 306 g/mol. The average Bonchev–Trinajstić information content (AvgIpc) is 2.81. The molecule has 3 nitrogen and oxygen atoms in total. The zero-order valence-corrected chi connectivity index (χ0v) is 13.8. The summed E-state index contributed by atoms with van der Waals surface area (Å²) in [6.07, 6.45) is 2.63. The molecule has 0 aliphatic heterocycles. The number of benzene rings is 1. The number of carbonyl (C=O) groups excluding carboxylic acids is 1. The highest BCUT2D eigenvalue weighted by molar-refractivity contribution is 6.35. The summed E-state index contributed by atoms with van der Waals surface area (Å²) in [6.45, 7) is 8.02. The molecule has 1 atom stereocenters. The van der Waals surface area contributed by atoms with Crippen molar-refractivity contribution < 1.29 is 4.79 Å². The molecule has 2 rings (SSSR count). The first-order chi connectivity index (χ1) is 9.90. The summed E-state index contributed by atoms with van der Waals surface area (Å²) in [5.74, 6) is 0.273. The molecule has 0 spiro atoms. The van der Waals surface area contributed by atoms with Gasteiger partial charge in [0.05, 0.1) is 16.6 Å². The molecule has 0 bridgehead atoms. The van der Waals surface area contributed by atoms with Crippen molar-refractivity contribution >= 4 is 28.3 Å². The van der Waals surface area contributed by atoms with Crippen LogP contribution in [0.25, 0.3) is 10.9 Å². The van der Waals surface area contributed by atoms with E-state index in [1.807, 2.05) is 38.2 Å². The van der Waals surface area contributed by atoms with E-state index in [-0.39, 0.29) is 23.8 Å². The molecule has 0 unspecified atom stereocenters. The molecule has 21 heavy (non-hydrogen) atoms. The van der Waals surface area contributed by atoms with Gasteiger partial charge in [-0.25, -0.2) is 0 Å². The molecule has 0 fully saturated rings. The first kappa shape index (κ1) is 16.1. The molecule has 2 N–H and O–H groups in total. The highest BCUT2D eigenvalue weighted by Crippen LogP contribution is 2.26. The second kappa shape index (κ2) is 6.63. The van der Waals surface area contributed by atoms with E-state index in [0.717, 1.165) is 16.5 Å². The van der Waals surface area contributed by atoms with Crippen LogP contribution in [0.1, 0.15) is 33.3 Å². The van der Waals surface area contributed by atoms with Crippen LogP contribution in [-0.2, 0) is 11.2 Å². The Morgan fingerprint density at radius 1 is 1.29 bits per heavy atom. The molecule has 0 amide bonds. The Hall–Kier alpha value is -1.32. The lowest BCUT2D eigenvalue weighted by Crippen LogP contribution is -2.44. The van der Waals surface area contributed by atoms with E-state index < -0.39 is 0 Å². The predicted octanol–water partition coefficient (Wildman–Crippen LogP) is 3.96. The van der Waals surface area contributed by atoms with Crippen molar-refractivity contribution in [1.82, 2.24) is 10.3 Å². The third-order valence-corrected chi connectivity index (χ3v) is 3.94. The summed E-state index contributed by atoms with van der Waals surface area (Å²) in [5, 5.41) is 5.18. The Morgan fingerprint density at radius 2 is 2.00 bits per heavy atom. The van der Waals surface area contributed by atoms with Crippen LogP contribution in [0.5, 0.6) is 0 Å². The molecule has 0 aliphatic rings. The number of nitrogens with one attached hydrogen (secondary N) is 2. The zero-order chi connectivity index (χ0) is 15.6. The number of Topliss-reactive ketones (excluding diaryl/α,β-unsaturated/α-hetero) is 1. The van der Waals surface area contributed by atoms with Gasteiger partial charge in [-0.05, 0) is 18.1 Å². The van der Waals surface area contributed by atoms with Crippen LogP contribution in [0.15, 0.2) is 24.4 Å². The Morgan fingerprint density at radius 3 is 2.62 bits per heavy atom. The van der Waals surface area contributed by atoms with Crippen molar-refractivity contribution in [3.63, 3.8) is 0 Å². The van der Waals surface area contributed by atoms with E-state index in [4.69, 9.17) is 11.6 Å². The van der Waals surface area contributed by atoms with Crippen LogP contribution in [-0.4, -0.2) is 22.9 Å². The van der Waals surface area contributed by atoms with Gasteiger partial charge in [0, 0.05) is 23.5 Å². The minimum absolute atomic E-state index is 0.0232. The third kappa shape index (κ3) is 3.66. The van der Waals surface area contributed by atoms with Gasteiger partial charge in [0.1, 0.15) is 0 Å². The summed E-state index contributed by atoms with van der Waals surface area (Å²) in [4.78, 5) is 15.6. The number of carbonyl (C=O) groups is 1. The lowest BCUT2D eigenvalue weighted by atomic mass is 9.95. The second-order valence-corrected chi connectivity index (χ2v) is 6.52. The fourth-order valence-corrected chi connectivity index (χ4v) is 2.84. The Labute approximate surface area is 131 Å². The van der Waals surface area contributed by atoms with Crippen LogP contribution < -0.4 is 5.32 Å². The zero-order valence-electron chi connectivity index (χ0n) is 13.0. The predicted molar refractivity (Wildman–Crippen MR) is 88.9 cm³/mol. The number of rotatable bonds is 6. The van der Waals surface area contributed by atoms with Crippen molar-refractivity contribution in [3.05, 3.63) is 35.0 Å². The van der Waals surface area contributed by atoms with Crippen LogP contribution in [0.4, 0.5) is 0 Å². The molecular formula is C17H23ClN2O. The molecule has 0 aliphatic carbocycles. The molecule has 0 radical (unpaired) electrons. The number of halogens is 1. The first-order valence-electron chi connectivity index (χ1n) is 7.44. The smallest absolute Gasteiger partial charge is 0.152 e. The Bertz CT molecular complexity index is 631. The maximum absolute atomic E-state index is 12.4. The van der Waals surface area contributed by atoms with Gasteiger partial charge in [-0.15, -0.1) is 0 Å². The van der Waals surface area contributed by atoms with Crippen molar-refractivity contribution in [1.29, 1.82) is 0 Å². The molecule has 1 heterocycles. The van der Waals surface area contributed by atoms with Gasteiger partial charge >= 0.3 is 0 Å². The van der Waals surface area contributed by atoms with Gasteiger partial charge in [-0.2, -0.15) is 0 Å². The fraction of sp³-hybridized carbons (Fsp3) is 0.471. The minimum atomic E-state index is -0.164. The van der Waals surface area contributed by atoms with E-state index >= 15 is 0 Å². The van der Waals surface area contributed by atoms with E-state index in [1.54, 1.807) is 0 Å². The molecule has 2 aromatic rings. The van der Waals surface area contributed by atoms with Crippen LogP contribution in [0.2, 0.25) is 5.02 Å². The number of para-hydroxylation sites is 1. The minimum Gasteiger partial charge on any atom is -0.360 e. The number of hydrogen-bond acceptors (Lipinski definition) is 2. The van der Waals surface area contributed by atoms with Crippen LogP contribution in [0.3, 0.4) is 0 Å². The number of hydrogen-bond donors (Lipinski definition) is 2. The van der Waals surface area contributed by atoms with Gasteiger partial charge in [0.15, 0.2) is 5.78 Å². The maximum Gasteiger partial charge on any atom is 0.152 e. The second-order valence-electron chi connectivity index (χ2n) is 6.11. The fourth-order valence-electron chi connectivity index (χ4n) is 2.61.